The van der Waals surface area contributed by atoms with Gasteiger partial charge in [-0.25, -0.2) is 8.78 Å². The molecule has 1 aliphatic rings. The summed E-state index contributed by atoms with van der Waals surface area (Å²) in [7, 11) is 0. The van der Waals surface area contributed by atoms with Crippen LogP contribution in [0.4, 0.5) is 8.78 Å². The minimum atomic E-state index is -0.762. The van der Waals surface area contributed by atoms with Crippen LogP contribution in [0.2, 0.25) is 0 Å². The lowest BCUT2D eigenvalue weighted by molar-refractivity contribution is -0.121. The highest BCUT2D eigenvalue weighted by molar-refractivity contribution is 5.94. The molecule has 1 amide bonds. The van der Waals surface area contributed by atoms with Crippen LogP contribution in [0, 0.1) is 17.6 Å². The van der Waals surface area contributed by atoms with E-state index in [1.54, 1.807) is 6.92 Å². The fourth-order valence-corrected chi connectivity index (χ4v) is 2.35. The van der Waals surface area contributed by atoms with Gasteiger partial charge >= 0.3 is 0 Å². The monoisotopic (exact) mass is 267 g/mol. The van der Waals surface area contributed by atoms with E-state index in [2.05, 4.69) is 0 Å². The van der Waals surface area contributed by atoms with Crippen LogP contribution in [0.25, 0.3) is 0 Å². The van der Waals surface area contributed by atoms with Gasteiger partial charge < -0.3 is 4.90 Å². The van der Waals surface area contributed by atoms with Crippen molar-refractivity contribution in [1.29, 1.82) is 0 Å². The van der Waals surface area contributed by atoms with Crippen LogP contribution in [0.5, 0.6) is 0 Å². The van der Waals surface area contributed by atoms with E-state index in [0.29, 0.717) is 25.9 Å². The van der Waals surface area contributed by atoms with Crippen molar-refractivity contribution in [2.45, 2.75) is 19.8 Å². The quantitative estimate of drug-likeness (QED) is 0.825. The molecule has 1 aromatic rings. The Balaban J connectivity index is 2.07. The molecular weight excluding hydrogens is 252 g/mol. The fraction of sp³-hybridized carbons (Fsp3) is 0.429. The van der Waals surface area contributed by atoms with Crippen molar-refractivity contribution < 1.29 is 18.4 Å². The first-order valence-corrected chi connectivity index (χ1v) is 6.23. The smallest absolute Gasteiger partial charge is 0.254 e. The van der Waals surface area contributed by atoms with Gasteiger partial charge in [-0.15, -0.1) is 0 Å². The Morgan fingerprint density at radius 3 is 2.11 bits per heavy atom. The van der Waals surface area contributed by atoms with Gasteiger partial charge in [0, 0.05) is 30.6 Å². The third kappa shape index (κ3) is 3.16. The normalized spacial score (nSPS) is 16.5. The van der Waals surface area contributed by atoms with Gasteiger partial charge in [0.1, 0.15) is 17.4 Å². The van der Waals surface area contributed by atoms with Crippen molar-refractivity contribution in [3.05, 3.63) is 35.4 Å². The van der Waals surface area contributed by atoms with Crippen molar-refractivity contribution in [2.75, 3.05) is 13.1 Å². The van der Waals surface area contributed by atoms with Gasteiger partial charge in [0.05, 0.1) is 0 Å². The summed E-state index contributed by atoms with van der Waals surface area (Å²) in [5, 5.41) is 0. The van der Waals surface area contributed by atoms with Crippen molar-refractivity contribution in [3.8, 4) is 0 Å². The van der Waals surface area contributed by atoms with Gasteiger partial charge in [0.25, 0.3) is 5.91 Å². The van der Waals surface area contributed by atoms with E-state index in [9.17, 15) is 18.4 Å². The largest absolute Gasteiger partial charge is 0.339 e. The van der Waals surface area contributed by atoms with Gasteiger partial charge in [0.15, 0.2) is 0 Å². The van der Waals surface area contributed by atoms with E-state index >= 15 is 0 Å². The van der Waals surface area contributed by atoms with Crippen LogP contribution in [0.3, 0.4) is 0 Å². The highest BCUT2D eigenvalue weighted by atomic mass is 19.1. The molecule has 5 heteroatoms. The highest BCUT2D eigenvalue weighted by Gasteiger charge is 2.26. The molecule has 0 aromatic heterocycles. The average molecular weight is 267 g/mol. The zero-order chi connectivity index (χ0) is 14.0. The lowest BCUT2D eigenvalue weighted by Gasteiger charge is -2.30. The number of piperidine rings is 1. The molecule has 1 aliphatic heterocycles. The third-order valence-electron chi connectivity index (χ3n) is 3.47. The summed E-state index contributed by atoms with van der Waals surface area (Å²) in [6, 6.07) is 2.80. The number of Topliss-reactive ketones (excluding diaryl/α,β-unsaturated/α-hetero) is 1. The molecular formula is C14H15F2NO2. The van der Waals surface area contributed by atoms with Gasteiger partial charge in [0.2, 0.25) is 0 Å². The fourth-order valence-electron chi connectivity index (χ4n) is 2.35. The molecule has 0 aliphatic carbocycles. The second-order valence-corrected chi connectivity index (χ2v) is 4.84. The Hall–Kier alpha value is -1.78. The number of benzene rings is 1. The number of nitrogens with zero attached hydrogens (tertiary/aromatic N) is 1. The van der Waals surface area contributed by atoms with Crippen molar-refractivity contribution in [3.63, 3.8) is 0 Å². The second kappa shape index (κ2) is 5.47. The van der Waals surface area contributed by atoms with Crippen molar-refractivity contribution in [2.24, 2.45) is 5.92 Å². The topological polar surface area (TPSA) is 37.4 Å². The van der Waals surface area contributed by atoms with E-state index in [0.717, 1.165) is 18.2 Å². The molecule has 0 saturated carbocycles. The van der Waals surface area contributed by atoms with Crippen LogP contribution in [-0.4, -0.2) is 29.7 Å². The van der Waals surface area contributed by atoms with E-state index in [1.165, 1.54) is 4.90 Å². The number of carbonyl (C=O) groups is 2. The van der Waals surface area contributed by atoms with E-state index < -0.39 is 11.6 Å². The Kier molecular flexibility index (Phi) is 3.93. The van der Waals surface area contributed by atoms with Crippen LogP contribution in [0.15, 0.2) is 18.2 Å². The SMILES string of the molecule is CC(=O)C1CCN(C(=O)c2cc(F)cc(F)c2)CC1. The second-order valence-electron chi connectivity index (χ2n) is 4.84. The predicted octanol–water partition coefficient (Wildman–Crippen LogP) is 2.41. The maximum atomic E-state index is 13.1. The maximum Gasteiger partial charge on any atom is 0.254 e. The number of halogens is 2. The number of carbonyl (C=O) groups excluding carboxylic acids is 2. The zero-order valence-corrected chi connectivity index (χ0v) is 10.7. The van der Waals surface area contributed by atoms with Gasteiger partial charge in [-0.1, -0.05) is 0 Å². The lowest BCUT2D eigenvalue weighted by atomic mass is 9.93. The number of hydrogen-bond acceptors (Lipinski definition) is 2. The van der Waals surface area contributed by atoms with Gasteiger partial charge in [-0.05, 0) is 31.9 Å². The highest BCUT2D eigenvalue weighted by Crippen LogP contribution is 2.20. The summed E-state index contributed by atoms with van der Waals surface area (Å²) in [6.45, 7) is 2.44. The van der Waals surface area contributed by atoms with Crippen molar-refractivity contribution >= 4 is 11.7 Å². The molecule has 0 unspecified atom stereocenters. The Morgan fingerprint density at radius 1 is 1.11 bits per heavy atom. The predicted molar refractivity (Wildman–Crippen MR) is 65.7 cm³/mol. The number of likely N-dealkylation sites (tertiary alicyclic amines) is 1. The molecule has 1 aromatic carbocycles. The van der Waals surface area contributed by atoms with E-state index in [-0.39, 0.29) is 23.2 Å². The molecule has 0 atom stereocenters. The molecule has 0 radical (unpaired) electrons. The summed E-state index contributed by atoms with van der Waals surface area (Å²) in [5.74, 6) is -1.79. The minimum Gasteiger partial charge on any atom is -0.339 e. The zero-order valence-electron chi connectivity index (χ0n) is 10.7. The first-order valence-electron chi connectivity index (χ1n) is 6.23. The number of amides is 1. The Labute approximate surface area is 110 Å². The first kappa shape index (κ1) is 13.6. The summed E-state index contributed by atoms with van der Waals surface area (Å²) in [5.41, 5.74) is 0.0128. The van der Waals surface area contributed by atoms with E-state index in [1.807, 2.05) is 0 Å². The molecule has 1 fully saturated rings. The summed E-state index contributed by atoms with van der Waals surface area (Å²) in [4.78, 5) is 24.9. The molecule has 1 saturated heterocycles. The molecule has 19 heavy (non-hydrogen) atoms. The lowest BCUT2D eigenvalue weighted by Crippen LogP contribution is -2.40. The average Bonchev–Trinajstić information content (AvgIpc) is 2.37. The van der Waals surface area contributed by atoms with Crippen molar-refractivity contribution in [1.82, 2.24) is 4.90 Å². The Bertz CT molecular complexity index is 488. The Morgan fingerprint density at radius 2 is 1.63 bits per heavy atom. The van der Waals surface area contributed by atoms with Crippen LogP contribution in [-0.2, 0) is 4.79 Å². The minimum absolute atomic E-state index is 0.00621. The number of ketones is 1. The molecule has 1 heterocycles. The van der Waals surface area contributed by atoms with E-state index in [4.69, 9.17) is 0 Å². The molecule has 102 valence electrons. The summed E-state index contributed by atoms with van der Waals surface area (Å²) < 4.78 is 26.1. The van der Waals surface area contributed by atoms with Crippen LogP contribution < -0.4 is 0 Å². The molecule has 0 bridgehead atoms. The first-order chi connectivity index (χ1) is 8.97. The van der Waals surface area contributed by atoms with Crippen LogP contribution in [0.1, 0.15) is 30.1 Å². The molecule has 3 nitrogen and oxygen atoms in total. The van der Waals surface area contributed by atoms with Gasteiger partial charge in [-0.2, -0.15) is 0 Å². The summed E-state index contributed by atoms with van der Waals surface area (Å²) >= 11 is 0. The molecule has 0 N–H and O–H groups in total. The van der Waals surface area contributed by atoms with Gasteiger partial charge in [-0.3, -0.25) is 9.59 Å². The summed E-state index contributed by atoms with van der Waals surface area (Å²) in [6.07, 6.45) is 1.22. The van der Waals surface area contributed by atoms with Crippen LogP contribution >= 0.6 is 0 Å². The molecule has 0 spiro atoms. The standard InChI is InChI=1S/C14H15F2NO2/c1-9(18)10-2-4-17(5-3-10)14(19)11-6-12(15)8-13(16)7-11/h6-8,10H,2-5H2,1H3. The molecule has 2 rings (SSSR count). The third-order valence-corrected chi connectivity index (χ3v) is 3.47. The maximum absolute atomic E-state index is 13.1. The number of rotatable bonds is 2. The number of hydrogen-bond donors (Lipinski definition) is 0.